The van der Waals surface area contributed by atoms with Gasteiger partial charge in [0.1, 0.15) is 28.9 Å². The van der Waals surface area contributed by atoms with Crippen molar-refractivity contribution in [1.29, 1.82) is 0 Å². The van der Waals surface area contributed by atoms with Crippen LogP contribution in [-0.2, 0) is 20.0 Å². The lowest BCUT2D eigenvalue weighted by Crippen LogP contribution is -2.59. The zero-order valence-corrected chi connectivity index (χ0v) is 21.8. The number of aromatic hydroxyl groups is 1. The summed E-state index contributed by atoms with van der Waals surface area (Å²) in [5.74, 6) is -8.98. The molecule has 4 rings (SSSR count). The van der Waals surface area contributed by atoms with Gasteiger partial charge >= 0.3 is 5.97 Å². The zero-order chi connectivity index (χ0) is 29.6. The number of nitrogens with two attached hydrogens (primary N) is 1. The van der Waals surface area contributed by atoms with E-state index in [2.05, 4.69) is 10.6 Å². The number of fused-ring (bicyclic) bond motifs is 3. The highest BCUT2D eigenvalue weighted by molar-refractivity contribution is 6.25. The van der Waals surface area contributed by atoms with Crippen molar-refractivity contribution in [2.45, 2.75) is 56.3 Å². The van der Waals surface area contributed by atoms with E-state index in [0.717, 1.165) is 0 Å². The summed E-state index contributed by atoms with van der Waals surface area (Å²) in [7, 11) is 0. The second-order valence-corrected chi connectivity index (χ2v) is 10.6. The number of aliphatic carboxylic acids is 1. The first-order chi connectivity index (χ1) is 18.8. The predicted molar refractivity (Wildman–Crippen MR) is 138 cm³/mol. The van der Waals surface area contributed by atoms with E-state index >= 15 is 0 Å². The molecule has 1 aromatic carbocycles. The summed E-state index contributed by atoms with van der Waals surface area (Å²) in [6.45, 7) is 1.38. The molecule has 0 aromatic heterocycles. The Balaban J connectivity index is 1.62. The maximum Gasteiger partial charge on any atom is 0.320 e. The third-order valence-corrected chi connectivity index (χ3v) is 8.18. The van der Waals surface area contributed by atoms with Crippen molar-refractivity contribution < 1.29 is 49.8 Å². The highest BCUT2D eigenvalue weighted by Crippen LogP contribution is 2.56. The van der Waals surface area contributed by atoms with Crippen LogP contribution in [0.1, 0.15) is 54.9 Å². The molecule has 2 unspecified atom stereocenters. The average molecular weight is 560 g/mol. The van der Waals surface area contributed by atoms with Crippen molar-refractivity contribution >= 4 is 23.4 Å². The molecule has 1 amide bonds. The monoisotopic (exact) mass is 559 g/mol. The number of benzene rings is 1. The number of hydrogen-bond donors (Lipinski definition) is 9. The number of aliphatic hydroxyl groups excluding tert-OH is 2. The molecule has 10 N–H and O–H groups in total. The number of phenolic OH excluding ortho intramolecular Hbond substituents is 1. The van der Waals surface area contributed by atoms with Crippen LogP contribution in [0.15, 0.2) is 40.9 Å². The molecule has 0 heterocycles. The lowest BCUT2D eigenvalue weighted by molar-refractivity contribution is -0.147. The second-order valence-electron chi connectivity index (χ2n) is 10.6. The molecule has 0 aliphatic heterocycles. The number of phenols is 1. The van der Waals surface area contributed by atoms with E-state index in [-0.39, 0.29) is 24.0 Å². The summed E-state index contributed by atoms with van der Waals surface area (Å²) in [6, 6.07) is 3.11. The number of hydrogen-bond acceptors (Lipinski definition) is 11. The molecule has 0 spiro atoms. The summed E-state index contributed by atoms with van der Waals surface area (Å²) in [4.78, 5) is 51.3. The van der Waals surface area contributed by atoms with Gasteiger partial charge in [-0.15, -0.1) is 0 Å². The molecular formula is C27H33N3O10. The largest absolute Gasteiger partial charge is 0.511 e. The first kappa shape index (κ1) is 29.2. The standard InChI is InChI=1S/C27H33N3O10/c1-26(39)13-5-4-7-16(31)18(13)21(33)19-14(26)9-12-10-17(32)20(23(35)27(12,40)22(19)34)24(36)30-11-29-15(25(37)38)6-2-3-8-28/h4-5,7,12,14-15,29,31-32,34,39-40H,2-3,6,8-11,28H2,1H3,(H,30,36)(H,37,38)/t12-,14?,15?,26+,27-/m0/s1. The number of carbonyl (C=O) groups is 4. The molecule has 13 nitrogen and oxygen atoms in total. The Kier molecular flexibility index (Phi) is 7.78. The van der Waals surface area contributed by atoms with Gasteiger partial charge in [0.05, 0.1) is 17.8 Å². The average Bonchev–Trinajstić information content (AvgIpc) is 2.88. The SMILES string of the molecule is C[C@@]1(O)c2cccc(O)c2C(=O)C2=C(O)[C@]3(O)C(=O)C(C(=O)NCNC(CCCCN)C(=O)O)=C(O)C[C@@H]3CC21. The molecule has 0 bridgehead atoms. The summed E-state index contributed by atoms with van der Waals surface area (Å²) >= 11 is 0. The van der Waals surface area contributed by atoms with Gasteiger partial charge in [-0.1, -0.05) is 18.6 Å². The minimum atomic E-state index is -2.77. The second kappa shape index (κ2) is 10.7. The topological polar surface area (TPSA) is 240 Å². The third-order valence-electron chi connectivity index (χ3n) is 8.18. The van der Waals surface area contributed by atoms with Gasteiger partial charge in [0.2, 0.25) is 5.78 Å². The Hall–Kier alpha value is -3.78. The van der Waals surface area contributed by atoms with E-state index < -0.39 is 94.0 Å². The van der Waals surface area contributed by atoms with E-state index in [1.54, 1.807) is 0 Å². The number of Topliss-reactive ketones (excluding diaryl/α,β-unsaturated/α-hetero) is 2. The molecule has 0 saturated heterocycles. The lowest BCUT2D eigenvalue weighted by atomic mass is 9.56. The van der Waals surface area contributed by atoms with Gasteiger partial charge in [-0.05, 0) is 44.4 Å². The van der Waals surface area contributed by atoms with E-state index in [1.807, 2.05) is 0 Å². The summed E-state index contributed by atoms with van der Waals surface area (Å²) in [6.07, 6.45) is 0.723. The van der Waals surface area contributed by atoms with Crippen molar-refractivity contribution in [3.05, 3.63) is 52.0 Å². The number of carboxylic acid groups (broad SMARTS) is 1. The fourth-order valence-electron chi connectivity index (χ4n) is 6.00. The maximum absolute atomic E-state index is 13.5. The van der Waals surface area contributed by atoms with Crippen LogP contribution in [0.5, 0.6) is 5.75 Å². The Labute approximate surface area is 229 Å². The molecule has 13 heteroatoms. The van der Waals surface area contributed by atoms with Crippen molar-refractivity contribution in [1.82, 2.24) is 10.6 Å². The summed E-state index contributed by atoms with van der Waals surface area (Å²) < 4.78 is 0. The van der Waals surface area contributed by atoms with Crippen molar-refractivity contribution in [2.75, 3.05) is 13.2 Å². The number of unbranched alkanes of at least 4 members (excludes halogenated alkanes) is 1. The molecule has 216 valence electrons. The number of allylic oxidation sites excluding steroid dienone is 1. The third kappa shape index (κ3) is 4.54. The van der Waals surface area contributed by atoms with Crippen molar-refractivity contribution in [2.24, 2.45) is 17.6 Å². The number of carboxylic acids is 1. The molecule has 0 radical (unpaired) electrons. The van der Waals surface area contributed by atoms with E-state index in [1.165, 1.54) is 25.1 Å². The predicted octanol–water partition coefficient (Wildman–Crippen LogP) is 0.00570. The number of aliphatic hydroxyl groups is 4. The molecule has 0 fully saturated rings. The van der Waals surface area contributed by atoms with Crippen LogP contribution in [0.3, 0.4) is 0 Å². The minimum absolute atomic E-state index is 0.113. The fraction of sp³-hybridized carbons (Fsp3) is 0.481. The van der Waals surface area contributed by atoms with Gasteiger partial charge in [-0.25, -0.2) is 0 Å². The molecule has 1 aromatic rings. The van der Waals surface area contributed by atoms with Gasteiger partial charge in [-0.2, -0.15) is 0 Å². The van der Waals surface area contributed by atoms with Gasteiger partial charge in [0, 0.05) is 23.8 Å². The number of ketones is 2. The van der Waals surface area contributed by atoms with Crippen LogP contribution in [0.4, 0.5) is 0 Å². The van der Waals surface area contributed by atoms with Crippen LogP contribution in [-0.4, -0.2) is 78.9 Å². The zero-order valence-electron chi connectivity index (χ0n) is 21.8. The molecule has 0 saturated carbocycles. The summed E-state index contributed by atoms with van der Waals surface area (Å²) in [5.41, 5.74) is -0.610. The van der Waals surface area contributed by atoms with Crippen molar-refractivity contribution in [3.63, 3.8) is 0 Å². The number of rotatable bonds is 9. The van der Waals surface area contributed by atoms with Gasteiger partial charge in [0.25, 0.3) is 5.91 Å². The highest BCUT2D eigenvalue weighted by atomic mass is 16.4. The van der Waals surface area contributed by atoms with Crippen LogP contribution in [0.2, 0.25) is 0 Å². The smallest absolute Gasteiger partial charge is 0.320 e. The Bertz CT molecular complexity index is 1330. The van der Waals surface area contributed by atoms with E-state index in [9.17, 15) is 49.8 Å². The van der Waals surface area contributed by atoms with Gasteiger partial charge in [-0.3, -0.25) is 24.5 Å². The first-order valence-corrected chi connectivity index (χ1v) is 12.9. The van der Waals surface area contributed by atoms with Crippen LogP contribution >= 0.6 is 0 Å². The molecule has 3 aliphatic rings. The first-order valence-electron chi connectivity index (χ1n) is 12.9. The minimum Gasteiger partial charge on any atom is -0.511 e. The Morgan fingerprint density at radius 3 is 2.50 bits per heavy atom. The van der Waals surface area contributed by atoms with Crippen LogP contribution in [0, 0.1) is 11.8 Å². The van der Waals surface area contributed by atoms with Gasteiger partial charge in [0.15, 0.2) is 11.4 Å². The number of amides is 1. The van der Waals surface area contributed by atoms with Crippen LogP contribution in [0.25, 0.3) is 0 Å². The highest BCUT2D eigenvalue weighted by Gasteiger charge is 2.62. The Morgan fingerprint density at radius 1 is 1.15 bits per heavy atom. The Morgan fingerprint density at radius 2 is 1.85 bits per heavy atom. The molecule has 3 aliphatic carbocycles. The number of nitrogens with one attached hydrogen (secondary N) is 2. The van der Waals surface area contributed by atoms with E-state index in [0.29, 0.717) is 19.4 Å². The maximum atomic E-state index is 13.5. The molecule has 40 heavy (non-hydrogen) atoms. The van der Waals surface area contributed by atoms with E-state index in [4.69, 9.17) is 5.73 Å². The normalized spacial score (nSPS) is 28.5. The fourth-order valence-corrected chi connectivity index (χ4v) is 6.00. The number of carbonyl (C=O) groups excluding carboxylic acids is 3. The van der Waals surface area contributed by atoms with Gasteiger partial charge < -0.3 is 41.7 Å². The van der Waals surface area contributed by atoms with Crippen LogP contribution < -0.4 is 16.4 Å². The molecule has 5 atom stereocenters. The lowest BCUT2D eigenvalue weighted by Gasteiger charge is -2.49. The quantitative estimate of drug-likeness (QED) is 0.110. The molecular weight excluding hydrogens is 526 g/mol. The van der Waals surface area contributed by atoms with Crippen molar-refractivity contribution in [3.8, 4) is 5.75 Å². The summed E-state index contributed by atoms with van der Waals surface area (Å²) in [5, 5.41) is 69.4.